The van der Waals surface area contributed by atoms with Crippen LogP contribution in [0.15, 0.2) is 52.5 Å². The Kier molecular flexibility index (Phi) is 7.79. The van der Waals surface area contributed by atoms with E-state index in [1.54, 1.807) is 49.4 Å². The monoisotopic (exact) mass is 485 g/mol. The van der Waals surface area contributed by atoms with Gasteiger partial charge in [-0.1, -0.05) is 31.7 Å². The largest absolute Gasteiger partial charge is 0.325 e. The molecule has 174 valence electrons. The molecule has 0 aliphatic carbocycles. The number of benzene rings is 2. The standard InChI is InChI=1S/C23H27N5O3S2/c1-5-27(6-2)33(30,31)19-11-12-21-20(14-19)26-23(28(21)7-3)32-16(4)22(29)25-18-10-8-9-17(13-18)15-24/h8-14,16H,5-7H2,1-4H3,(H,25,29). The molecule has 2 aromatic carbocycles. The number of rotatable bonds is 9. The topological polar surface area (TPSA) is 108 Å². The lowest BCUT2D eigenvalue weighted by molar-refractivity contribution is -0.115. The van der Waals surface area contributed by atoms with Gasteiger partial charge in [0.25, 0.3) is 0 Å². The van der Waals surface area contributed by atoms with Crippen molar-refractivity contribution in [2.75, 3.05) is 18.4 Å². The predicted octanol–water partition coefficient (Wildman–Crippen LogP) is 4.08. The average molecular weight is 486 g/mol. The zero-order valence-corrected chi connectivity index (χ0v) is 20.7. The van der Waals surface area contributed by atoms with E-state index >= 15 is 0 Å². The van der Waals surface area contributed by atoms with E-state index in [9.17, 15) is 13.2 Å². The quantitative estimate of drug-likeness (QED) is 0.458. The summed E-state index contributed by atoms with van der Waals surface area (Å²) in [5.41, 5.74) is 2.41. The number of fused-ring (bicyclic) bond motifs is 1. The normalized spacial score (nSPS) is 12.6. The highest BCUT2D eigenvalue weighted by atomic mass is 32.2. The Morgan fingerprint density at radius 2 is 1.94 bits per heavy atom. The van der Waals surface area contributed by atoms with Gasteiger partial charge in [0.15, 0.2) is 5.16 Å². The van der Waals surface area contributed by atoms with Gasteiger partial charge in [-0.15, -0.1) is 0 Å². The molecule has 1 N–H and O–H groups in total. The third-order valence-electron chi connectivity index (χ3n) is 5.25. The molecule has 0 saturated carbocycles. The minimum absolute atomic E-state index is 0.208. The summed E-state index contributed by atoms with van der Waals surface area (Å²) < 4.78 is 29.2. The summed E-state index contributed by atoms with van der Waals surface area (Å²) >= 11 is 1.30. The van der Waals surface area contributed by atoms with Gasteiger partial charge < -0.3 is 9.88 Å². The van der Waals surface area contributed by atoms with Crippen LogP contribution in [0.25, 0.3) is 11.0 Å². The maximum atomic E-state index is 12.9. The number of nitrogens with one attached hydrogen (secondary N) is 1. The molecule has 0 spiro atoms. The molecule has 0 saturated heterocycles. The third kappa shape index (κ3) is 5.21. The van der Waals surface area contributed by atoms with E-state index < -0.39 is 15.3 Å². The maximum absolute atomic E-state index is 12.9. The highest BCUT2D eigenvalue weighted by Gasteiger charge is 2.24. The predicted molar refractivity (Wildman–Crippen MR) is 131 cm³/mol. The zero-order valence-electron chi connectivity index (χ0n) is 19.1. The molecule has 3 aromatic rings. The van der Waals surface area contributed by atoms with Crippen molar-refractivity contribution in [2.45, 2.75) is 49.5 Å². The van der Waals surface area contributed by atoms with Crippen LogP contribution in [0.5, 0.6) is 0 Å². The van der Waals surface area contributed by atoms with Gasteiger partial charge in [0.05, 0.1) is 32.8 Å². The number of nitriles is 1. The molecular weight excluding hydrogens is 458 g/mol. The average Bonchev–Trinajstić information content (AvgIpc) is 3.15. The second-order valence-corrected chi connectivity index (χ2v) is 10.6. The molecule has 3 rings (SSSR count). The van der Waals surface area contributed by atoms with Crippen LogP contribution in [0.4, 0.5) is 5.69 Å². The van der Waals surface area contributed by atoms with E-state index in [2.05, 4.69) is 16.4 Å². The minimum Gasteiger partial charge on any atom is -0.325 e. The second kappa shape index (κ2) is 10.4. The van der Waals surface area contributed by atoms with Crippen molar-refractivity contribution < 1.29 is 13.2 Å². The van der Waals surface area contributed by atoms with Crippen molar-refractivity contribution in [1.82, 2.24) is 13.9 Å². The molecule has 8 nitrogen and oxygen atoms in total. The first-order valence-corrected chi connectivity index (χ1v) is 13.0. The molecule has 0 fully saturated rings. The molecule has 1 heterocycles. The Morgan fingerprint density at radius 3 is 2.58 bits per heavy atom. The van der Waals surface area contributed by atoms with Crippen LogP contribution in [0, 0.1) is 11.3 Å². The number of aryl methyl sites for hydroxylation is 1. The Morgan fingerprint density at radius 1 is 1.21 bits per heavy atom. The lowest BCUT2D eigenvalue weighted by atomic mass is 10.2. The van der Waals surface area contributed by atoms with Crippen molar-refractivity contribution in [3.8, 4) is 6.07 Å². The Balaban J connectivity index is 1.86. The lowest BCUT2D eigenvalue weighted by Crippen LogP contribution is -2.30. The Labute approximate surface area is 198 Å². The molecule has 1 unspecified atom stereocenters. The van der Waals surface area contributed by atoms with Gasteiger partial charge in [-0.25, -0.2) is 13.4 Å². The number of hydrogen-bond acceptors (Lipinski definition) is 6. The number of aromatic nitrogens is 2. The van der Waals surface area contributed by atoms with E-state index in [4.69, 9.17) is 5.26 Å². The van der Waals surface area contributed by atoms with E-state index in [-0.39, 0.29) is 10.8 Å². The fraction of sp³-hybridized carbons (Fsp3) is 0.348. The number of anilines is 1. The van der Waals surface area contributed by atoms with Crippen molar-refractivity contribution in [1.29, 1.82) is 5.26 Å². The van der Waals surface area contributed by atoms with Crippen LogP contribution in [0.1, 0.15) is 33.3 Å². The first-order valence-electron chi connectivity index (χ1n) is 10.7. The number of sulfonamides is 1. The van der Waals surface area contributed by atoms with Gasteiger partial charge >= 0.3 is 0 Å². The molecule has 1 atom stereocenters. The molecular formula is C23H27N5O3S2. The zero-order chi connectivity index (χ0) is 24.2. The lowest BCUT2D eigenvalue weighted by Gasteiger charge is -2.18. The van der Waals surface area contributed by atoms with E-state index in [1.807, 2.05) is 25.3 Å². The van der Waals surface area contributed by atoms with Gasteiger partial charge in [-0.2, -0.15) is 9.57 Å². The van der Waals surface area contributed by atoms with Crippen LogP contribution >= 0.6 is 11.8 Å². The van der Waals surface area contributed by atoms with Crippen LogP contribution in [-0.4, -0.2) is 46.5 Å². The molecule has 0 aliphatic heterocycles. The van der Waals surface area contributed by atoms with E-state index in [1.165, 1.54) is 16.1 Å². The van der Waals surface area contributed by atoms with Crippen LogP contribution < -0.4 is 5.32 Å². The molecule has 0 bridgehead atoms. The molecule has 0 radical (unpaired) electrons. The van der Waals surface area contributed by atoms with Crippen molar-refractivity contribution in [2.24, 2.45) is 0 Å². The summed E-state index contributed by atoms with van der Waals surface area (Å²) in [6.45, 7) is 8.79. The SMILES string of the molecule is CCN(CC)S(=O)(=O)c1ccc2c(c1)nc(SC(C)C(=O)Nc1cccc(C#N)c1)n2CC. The van der Waals surface area contributed by atoms with Gasteiger partial charge in [-0.05, 0) is 50.2 Å². The molecule has 33 heavy (non-hydrogen) atoms. The van der Waals surface area contributed by atoms with E-state index in [0.29, 0.717) is 41.6 Å². The summed E-state index contributed by atoms with van der Waals surface area (Å²) in [6.07, 6.45) is 0. The fourth-order valence-corrected chi connectivity index (χ4v) is 5.94. The summed E-state index contributed by atoms with van der Waals surface area (Å²) in [5.74, 6) is -0.213. The molecule has 1 amide bonds. The Bertz CT molecular complexity index is 1310. The van der Waals surface area contributed by atoms with Crippen LogP contribution in [0.3, 0.4) is 0 Å². The first-order chi connectivity index (χ1) is 15.7. The number of imidazole rings is 1. The number of carbonyl (C=O) groups excluding carboxylic acids is 1. The summed E-state index contributed by atoms with van der Waals surface area (Å²) in [5, 5.41) is 12.0. The molecule has 1 aromatic heterocycles. The van der Waals surface area contributed by atoms with Crippen molar-refractivity contribution in [3.63, 3.8) is 0 Å². The molecule has 0 aliphatic rings. The van der Waals surface area contributed by atoms with E-state index in [0.717, 1.165) is 5.52 Å². The highest BCUT2D eigenvalue weighted by molar-refractivity contribution is 8.00. The van der Waals surface area contributed by atoms with Gasteiger partial charge in [0.2, 0.25) is 15.9 Å². The van der Waals surface area contributed by atoms with Crippen LogP contribution in [0.2, 0.25) is 0 Å². The van der Waals surface area contributed by atoms with Crippen molar-refractivity contribution >= 4 is 44.4 Å². The van der Waals surface area contributed by atoms with Gasteiger partial charge in [0, 0.05) is 25.3 Å². The number of amides is 1. The summed E-state index contributed by atoms with van der Waals surface area (Å²) in [6, 6.07) is 13.8. The third-order valence-corrected chi connectivity index (χ3v) is 8.39. The number of thioether (sulfide) groups is 1. The fourth-order valence-electron chi connectivity index (χ4n) is 3.48. The number of carbonyl (C=O) groups is 1. The van der Waals surface area contributed by atoms with Gasteiger partial charge in [0.1, 0.15) is 0 Å². The maximum Gasteiger partial charge on any atom is 0.243 e. The van der Waals surface area contributed by atoms with Gasteiger partial charge in [-0.3, -0.25) is 4.79 Å². The van der Waals surface area contributed by atoms with Crippen LogP contribution in [-0.2, 0) is 21.4 Å². The Hall–Kier alpha value is -2.87. The highest BCUT2D eigenvalue weighted by Crippen LogP contribution is 2.30. The minimum atomic E-state index is -3.59. The smallest absolute Gasteiger partial charge is 0.243 e. The number of hydrogen-bond donors (Lipinski definition) is 1. The number of nitrogens with zero attached hydrogens (tertiary/aromatic N) is 4. The first kappa shape index (κ1) is 24.8. The summed E-state index contributed by atoms with van der Waals surface area (Å²) in [7, 11) is -3.59. The second-order valence-electron chi connectivity index (χ2n) is 7.32. The molecule has 10 heteroatoms. The van der Waals surface area contributed by atoms with Crippen molar-refractivity contribution in [3.05, 3.63) is 48.0 Å². The summed E-state index contributed by atoms with van der Waals surface area (Å²) in [4.78, 5) is 17.6.